The molecule has 3 heteroatoms. The summed E-state index contributed by atoms with van der Waals surface area (Å²) in [4.78, 5) is 15.5. The van der Waals surface area contributed by atoms with Gasteiger partial charge in [0, 0.05) is 16.7 Å². The van der Waals surface area contributed by atoms with Crippen LogP contribution in [0.1, 0.15) is 0 Å². The monoisotopic (exact) mass is 737 g/mol. The van der Waals surface area contributed by atoms with E-state index in [1.807, 2.05) is 12.1 Å². The fraction of sp³-hybridized carbons (Fsp3) is 0. The zero-order chi connectivity index (χ0) is 38.4. The molecule has 270 valence electrons. The predicted octanol–water partition coefficient (Wildman–Crippen LogP) is 14.5. The van der Waals surface area contributed by atoms with Crippen LogP contribution in [0.2, 0.25) is 0 Å². The maximum atomic E-state index is 5.19. The highest BCUT2D eigenvalue weighted by atomic mass is 15.0. The molecule has 0 aliphatic carbocycles. The summed E-state index contributed by atoms with van der Waals surface area (Å²) in [7, 11) is 0. The Bertz CT molecular complexity index is 3320. The van der Waals surface area contributed by atoms with Gasteiger partial charge >= 0.3 is 0 Å². The highest BCUT2D eigenvalue weighted by Crippen LogP contribution is 2.41. The smallest absolute Gasteiger partial charge is 0.164 e. The van der Waals surface area contributed by atoms with Crippen LogP contribution in [-0.4, -0.2) is 15.0 Å². The van der Waals surface area contributed by atoms with Crippen LogP contribution >= 0.6 is 0 Å². The maximum Gasteiger partial charge on any atom is 0.164 e. The second kappa shape index (κ2) is 14.1. The predicted molar refractivity (Wildman–Crippen MR) is 242 cm³/mol. The first-order valence-electron chi connectivity index (χ1n) is 19.7. The van der Waals surface area contributed by atoms with Crippen LogP contribution in [-0.2, 0) is 0 Å². The van der Waals surface area contributed by atoms with Gasteiger partial charge in [-0.1, -0.05) is 194 Å². The highest BCUT2D eigenvalue weighted by molar-refractivity contribution is 6.20. The minimum absolute atomic E-state index is 0.632. The van der Waals surface area contributed by atoms with Gasteiger partial charge in [-0.25, -0.2) is 15.0 Å². The van der Waals surface area contributed by atoms with Gasteiger partial charge in [-0.15, -0.1) is 0 Å². The van der Waals surface area contributed by atoms with Crippen molar-refractivity contribution in [1.82, 2.24) is 15.0 Å². The number of benzene rings is 10. The third kappa shape index (κ3) is 5.98. The number of aromatic nitrogens is 3. The van der Waals surface area contributed by atoms with E-state index in [1.165, 1.54) is 49.0 Å². The van der Waals surface area contributed by atoms with E-state index in [0.29, 0.717) is 17.5 Å². The topological polar surface area (TPSA) is 38.7 Å². The van der Waals surface area contributed by atoms with Gasteiger partial charge in [0.1, 0.15) is 0 Å². The number of hydrogen-bond donors (Lipinski definition) is 0. The normalized spacial score (nSPS) is 11.4. The average Bonchev–Trinajstić information content (AvgIpc) is 3.31. The Kier molecular flexibility index (Phi) is 8.15. The number of rotatable bonds is 6. The van der Waals surface area contributed by atoms with Crippen molar-refractivity contribution in [3.63, 3.8) is 0 Å². The van der Waals surface area contributed by atoms with Gasteiger partial charge < -0.3 is 0 Å². The van der Waals surface area contributed by atoms with E-state index in [1.54, 1.807) is 0 Å². The van der Waals surface area contributed by atoms with Gasteiger partial charge in [0.05, 0.1) is 0 Å². The van der Waals surface area contributed by atoms with E-state index in [9.17, 15) is 0 Å². The van der Waals surface area contributed by atoms with Crippen LogP contribution in [0.4, 0.5) is 0 Å². The van der Waals surface area contributed by atoms with E-state index in [0.717, 1.165) is 44.2 Å². The number of hydrogen-bond acceptors (Lipinski definition) is 3. The average molecular weight is 738 g/mol. The summed E-state index contributed by atoms with van der Waals surface area (Å²) in [5, 5.41) is 9.81. The Hall–Kier alpha value is -7.75. The quantitative estimate of drug-likeness (QED) is 0.126. The molecule has 1 aromatic heterocycles. The van der Waals surface area contributed by atoms with E-state index < -0.39 is 0 Å². The highest BCUT2D eigenvalue weighted by Gasteiger charge is 2.17. The molecule has 58 heavy (non-hydrogen) atoms. The van der Waals surface area contributed by atoms with E-state index in [2.05, 4.69) is 200 Å². The first-order chi connectivity index (χ1) is 28.7. The van der Waals surface area contributed by atoms with Gasteiger partial charge in [-0.05, 0) is 94.7 Å². The maximum absolute atomic E-state index is 5.19. The summed E-state index contributed by atoms with van der Waals surface area (Å²) in [6, 6.07) is 75.4. The molecule has 0 fully saturated rings. The molecular formula is C55H35N3. The molecule has 0 radical (unpaired) electrons. The lowest BCUT2D eigenvalue weighted by molar-refractivity contribution is 1.07. The Morgan fingerprint density at radius 1 is 0.224 bits per heavy atom. The Morgan fingerprint density at radius 2 is 0.724 bits per heavy atom. The number of nitrogens with zero attached hydrogens (tertiary/aromatic N) is 3. The lowest BCUT2D eigenvalue weighted by atomic mass is 9.89. The summed E-state index contributed by atoms with van der Waals surface area (Å²) in [6.45, 7) is 0. The van der Waals surface area contributed by atoms with E-state index in [-0.39, 0.29) is 0 Å². The molecule has 0 saturated carbocycles. The largest absolute Gasteiger partial charge is 0.208 e. The van der Waals surface area contributed by atoms with Crippen LogP contribution in [0, 0.1) is 0 Å². The molecule has 0 spiro atoms. The molecule has 0 aliphatic rings. The molecule has 1 heterocycles. The Morgan fingerprint density at radius 3 is 1.48 bits per heavy atom. The molecule has 0 bridgehead atoms. The molecule has 0 aliphatic heterocycles. The molecule has 0 atom stereocenters. The third-order valence-electron chi connectivity index (χ3n) is 11.3. The summed E-state index contributed by atoms with van der Waals surface area (Å²) < 4.78 is 0. The zero-order valence-electron chi connectivity index (χ0n) is 31.5. The van der Waals surface area contributed by atoms with Crippen molar-refractivity contribution < 1.29 is 0 Å². The Balaban J connectivity index is 1.05. The summed E-state index contributed by atoms with van der Waals surface area (Å²) in [5.74, 6) is 1.90. The Labute approximate surface area is 336 Å². The van der Waals surface area contributed by atoms with Crippen molar-refractivity contribution in [3.05, 3.63) is 212 Å². The first kappa shape index (κ1) is 33.6. The van der Waals surface area contributed by atoms with Crippen LogP contribution in [0.5, 0.6) is 0 Å². The third-order valence-corrected chi connectivity index (χ3v) is 11.3. The molecule has 0 N–H and O–H groups in total. The molecule has 11 rings (SSSR count). The van der Waals surface area contributed by atoms with Crippen molar-refractivity contribution in [2.24, 2.45) is 0 Å². The fourth-order valence-electron chi connectivity index (χ4n) is 8.42. The van der Waals surface area contributed by atoms with Gasteiger partial charge in [0.15, 0.2) is 17.5 Å². The molecule has 10 aromatic carbocycles. The fourth-order valence-corrected chi connectivity index (χ4v) is 8.42. The van der Waals surface area contributed by atoms with Gasteiger partial charge in [0.2, 0.25) is 0 Å². The van der Waals surface area contributed by atoms with Crippen LogP contribution in [0.15, 0.2) is 212 Å². The minimum atomic E-state index is 0.632. The number of fused-ring (bicyclic) bond motifs is 5. The zero-order valence-corrected chi connectivity index (χ0v) is 31.5. The molecule has 0 unspecified atom stereocenters. The molecule has 3 nitrogen and oxygen atoms in total. The first-order valence-corrected chi connectivity index (χ1v) is 19.7. The minimum Gasteiger partial charge on any atom is -0.208 e. The van der Waals surface area contributed by atoms with Crippen LogP contribution in [0.3, 0.4) is 0 Å². The van der Waals surface area contributed by atoms with E-state index in [4.69, 9.17) is 15.0 Å². The molecule has 0 saturated heterocycles. The lowest BCUT2D eigenvalue weighted by Crippen LogP contribution is -2.01. The summed E-state index contributed by atoms with van der Waals surface area (Å²) in [6.07, 6.45) is 0. The molecule has 11 aromatic rings. The SMILES string of the molecule is c1ccc(-c2ccc(-c3nc(-c4ccc5cc(-c6c7ccccc7cc7c6ccc6ccccc67)ccc5c4)nc(-c4ccccc4-c4ccccc4)n3)cc2)cc1. The standard InChI is InChI=1S/C55H35N3/c1-3-13-36(14-4-1)37-23-25-40(26-24-37)53-56-54(58-55(57-53)50-22-12-11-19-46(50)38-15-5-2-6-16-38)45-30-28-41-33-44(29-27-42(41)34-45)52-48-21-10-8-18-43(48)35-51-47-20-9-7-17-39(47)31-32-49(51)52/h1-35H. The van der Waals surface area contributed by atoms with Crippen molar-refractivity contribution in [3.8, 4) is 67.5 Å². The van der Waals surface area contributed by atoms with Crippen LogP contribution in [0.25, 0.3) is 111 Å². The van der Waals surface area contributed by atoms with Crippen molar-refractivity contribution in [1.29, 1.82) is 0 Å². The van der Waals surface area contributed by atoms with Gasteiger partial charge in [-0.3, -0.25) is 0 Å². The van der Waals surface area contributed by atoms with Crippen molar-refractivity contribution in [2.75, 3.05) is 0 Å². The van der Waals surface area contributed by atoms with Crippen molar-refractivity contribution >= 4 is 43.1 Å². The van der Waals surface area contributed by atoms with E-state index >= 15 is 0 Å². The molecule has 0 amide bonds. The van der Waals surface area contributed by atoms with Gasteiger partial charge in [0.25, 0.3) is 0 Å². The second-order valence-corrected chi connectivity index (χ2v) is 14.8. The van der Waals surface area contributed by atoms with Crippen molar-refractivity contribution in [2.45, 2.75) is 0 Å². The summed E-state index contributed by atoms with van der Waals surface area (Å²) in [5.41, 5.74) is 9.78. The van der Waals surface area contributed by atoms with Crippen LogP contribution < -0.4 is 0 Å². The second-order valence-electron chi connectivity index (χ2n) is 14.8. The molecular weight excluding hydrogens is 703 g/mol. The lowest BCUT2D eigenvalue weighted by Gasteiger charge is -2.15. The van der Waals surface area contributed by atoms with Gasteiger partial charge in [-0.2, -0.15) is 0 Å². The summed E-state index contributed by atoms with van der Waals surface area (Å²) >= 11 is 0.